The lowest BCUT2D eigenvalue weighted by Gasteiger charge is -2.29. The molecule has 0 spiro atoms. The number of carbonyl (C=O) groups excluding carboxylic acids is 1. The topological polar surface area (TPSA) is 99.5 Å². The van der Waals surface area contributed by atoms with E-state index in [9.17, 15) is 4.79 Å². The van der Waals surface area contributed by atoms with Gasteiger partial charge in [0.15, 0.2) is 11.5 Å². The van der Waals surface area contributed by atoms with Crippen molar-refractivity contribution in [1.82, 2.24) is 14.8 Å². The third-order valence-electron chi connectivity index (χ3n) is 6.65. The smallest absolute Gasteiger partial charge is 0.255 e. The molecule has 1 aliphatic rings. The predicted octanol–water partition coefficient (Wildman–Crippen LogP) is 7.46. The van der Waals surface area contributed by atoms with Crippen molar-refractivity contribution in [2.75, 3.05) is 29.6 Å². The molecule has 224 valence electrons. The molecule has 3 aromatic carbocycles. The zero-order valence-corrected chi connectivity index (χ0v) is 26.9. The van der Waals surface area contributed by atoms with Gasteiger partial charge < -0.3 is 24.8 Å². The van der Waals surface area contributed by atoms with Crippen LogP contribution in [0.3, 0.4) is 0 Å². The normalized spacial score (nSPS) is 14.1. The Morgan fingerprint density at radius 3 is 2.53 bits per heavy atom. The highest BCUT2D eigenvalue weighted by atomic mass is 79.9. The number of ether oxygens (including phenoxy) is 3. The summed E-state index contributed by atoms with van der Waals surface area (Å²) in [5.41, 5.74) is 3.60. The van der Waals surface area contributed by atoms with Crippen LogP contribution >= 0.6 is 27.7 Å². The third-order valence-corrected chi connectivity index (χ3v) is 7.87. The van der Waals surface area contributed by atoms with Gasteiger partial charge in [-0.25, -0.2) is 4.68 Å². The van der Waals surface area contributed by atoms with Crippen LogP contribution in [0, 0.1) is 0 Å². The molecule has 1 unspecified atom stereocenters. The highest BCUT2D eigenvalue weighted by molar-refractivity contribution is 9.10. The minimum atomic E-state index is -0.576. The number of hydrogen-bond acceptors (Lipinski definition) is 8. The average Bonchev–Trinajstić information content (AvgIpc) is 3.39. The Balaban J connectivity index is 1.53. The van der Waals surface area contributed by atoms with E-state index in [0.717, 1.165) is 21.4 Å². The van der Waals surface area contributed by atoms with Crippen LogP contribution < -0.4 is 24.8 Å². The van der Waals surface area contributed by atoms with Gasteiger partial charge in [-0.2, -0.15) is 4.98 Å². The Bertz CT molecular complexity index is 1640. The molecule has 1 aromatic heterocycles. The number of benzene rings is 3. The first-order valence-corrected chi connectivity index (χ1v) is 15.9. The van der Waals surface area contributed by atoms with Crippen molar-refractivity contribution >= 4 is 45.2 Å². The Hall–Kier alpha value is -3.96. The van der Waals surface area contributed by atoms with Gasteiger partial charge in [-0.15, -0.1) is 5.10 Å². The van der Waals surface area contributed by atoms with Gasteiger partial charge in [0.2, 0.25) is 11.1 Å². The summed E-state index contributed by atoms with van der Waals surface area (Å²) in [7, 11) is 0. The summed E-state index contributed by atoms with van der Waals surface area (Å²) in [6, 6.07) is 20.5. The minimum Gasteiger partial charge on any atom is -0.492 e. The summed E-state index contributed by atoms with van der Waals surface area (Å²) in [6.07, 6.45) is 0. The largest absolute Gasteiger partial charge is 0.492 e. The van der Waals surface area contributed by atoms with Gasteiger partial charge in [-0.1, -0.05) is 64.9 Å². The van der Waals surface area contributed by atoms with Gasteiger partial charge >= 0.3 is 0 Å². The molecule has 43 heavy (non-hydrogen) atoms. The second-order valence-corrected chi connectivity index (χ2v) is 11.7. The Morgan fingerprint density at radius 2 is 1.77 bits per heavy atom. The number of aromatic nitrogens is 3. The van der Waals surface area contributed by atoms with Crippen LogP contribution in [-0.2, 0) is 11.4 Å². The Kier molecular flexibility index (Phi) is 9.93. The number of hydrogen-bond donors (Lipinski definition) is 2. The number of nitrogens with one attached hydrogen (secondary N) is 2. The maximum atomic E-state index is 14.0. The van der Waals surface area contributed by atoms with E-state index in [1.165, 1.54) is 11.8 Å². The van der Waals surface area contributed by atoms with Gasteiger partial charge in [0.25, 0.3) is 5.91 Å². The predicted molar refractivity (Wildman–Crippen MR) is 173 cm³/mol. The van der Waals surface area contributed by atoms with Crippen molar-refractivity contribution in [3.05, 3.63) is 93.6 Å². The Morgan fingerprint density at radius 1 is 0.977 bits per heavy atom. The van der Waals surface area contributed by atoms with E-state index in [-0.39, 0.29) is 5.91 Å². The van der Waals surface area contributed by atoms with Crippen LogP contribution in [0.4, 0.5) is 11.6 Å². The summed E-state index contributed by atoms with van der Waals surface area (Å²) >= 11 is 5.06. The molecule has 2 heterocycles. The number of amides is 1. The van der Waals surface area contributed by atoms with Gasteiger partial charge in [-0.05, 0) is 74.0 Å². The Labute approximate surface area is 264 Å². The molecule has 11 heteroatoms. The highest BCUT2D eigenvalue weighted by Crippen LogP contribution is 2.40. The first-order valence-electron chi connectivity index (χ1n) is 14.2. The van der Waals surface area contributed by atoms with Crippen molar-refractivity contribution in [3.63, 3.8) is 0 Å². The van der Waals surface area contributed by atoms with Crippen molar-refractivity contribution in [3.8, 4) is 17.2 Å². The average molecular weight is 665 g/mol. The van der Waals surface area contributed by atoms with Gasteiger partial charge in [0, 0.05) is 10.2 Å². The van der Waals surface area contributed by atoms with Gasteiger partial charge in [-0.3, -0.25) is 4.79 Å². The SMILES string of the molecule is CCOc1ccccc1NC(=O)C1=C(C)Nc2nc(SCC)nn2C1c1ccc(OCc2cccc(Br)c2)c(OCC)c1. The molecule has 0 fully saturated rings. The molecule has 9 nitrogen and oxygen atoms in total. The fourth-order valence-corrected chi connectivity index (χ4v) is 5.84. The molecule has 0 saturated carbocycles. The van der Waals surface area contributed by atoms with Crippen molar-refractivity contribution < 1.29 is 19.0 Å². The van der Waals surface area contributed by atoms with E-state index < -0.39 is 6.04 Å². The molecule has 1 atom stereocenters. The molecule has 0 radical (unpaired) electrons. The second-order valence-electron chi connectivity index (χ2n) is 9.60. The number of carbonyl (C=O) groups is 1. The molecule has 0 aliphatic carbocycles. The third kappa shape index (κ3) is 7.00. The van der Waals surface area contributed by atoms with Crippen molar-refractivity contribution in [2.24, 2.45) is 0 Å². The lowest BCUT2D eigenvalue weighted by Crippen LogP contribution is -2.31. The monoisotopic (exact) mass is 663 g/mol. The maximum absolute atomic E-state index is 14.0. The number of rotatable bonds is 12. The summed E-state index contributed by atoms with van der Waals surface area (Å²) in [5, 5.41) is 11.8. The molecule has 0 saturated heterocycles. The fraction of sp³-hybridized carbons (Fsp3) is 0.281. The number of anilines is 2. The van der Waals surface area contributed by atoms with E-state index in [0.29, 0.717) is 65.1 Å². The zero-order valence-electron chi connectivity index (χ0n) is 24.5. The molecule has 4 aromatic rings. The molecule has 0 bridgehead atoms. The van der Waals surface area contributed by atoms with E-state index in [2.05, 4.69) is 38.5 Å². The number of nitrogens with zero attached hydrogens (tertiary/aromatic N) is 3. The van der Waals surface area contributed by atoms with Crippen molar-refractivity contribution in [1.29, 1.82) is 0 Å². The minimum absolute atomic E-state index is 0.277. The summed E-state index contributed by atoms with van der Waals surface area (Å²) in [4.78, 5) is 18.7. The van der Waals surface area contributed by atoms with Gasteiger partial charge in [0.1, 0.15) is 18.4 Å². The number of thioether (sulfide) groups is 1. The molecule has 1 amide bonds. The van der Waals surface area contributed by atoms with Crippen LogP contribution in [0.1, 0.15) is 44.9 Å². The molecule has 1 aliphatic heterocycles. The second kappa shape index (κ2) is 14.0. The number of fused-ring (bicyclic) bond motifs is 1. The lowest BCUT2D eigenvalue weighted by molar-refractivity contribution is -0.113. The van der Waals surface area contributed by atoms with E-state index >= 15 is 0 Å². The molecular formula is C32H34BrN5O4S. The van der Waals surface area contributed by atoms with Crippen LogP contribution in [0.2, 0.25) is 0 Å². The summed E-state index contributed by atoms with van der Waals surface area (Å²) in [6.45, 7) is 9.07. The highest BCUT2D eigenvalue weighted by Gasteiger charge is 2.35. The van der Waals surface area contributed by atoms with Crippen LogP contribution in [0.15, 0.2) is 87.6 Å². The van der Waals surface area contributed by atoms with E-state index in [1.54, 1.807) is 4.68 Å². The number of para-hydroxylation sites is 2. The van der Waals surface area contributed by atoms with Crippen LogP contribution in [-0.4, -0.2) is 39.6 Å². The van der Waals surface area contributed by atoms with Crippen LogP contribution in [0.25, 0.3) is 0 Å². The molecular weight excluding hydrogens is 630 g/mol. The first-order chi connectivity index (χ1) is 20.9. The first kappa shape index (κ1) is 30.5. The fourth-order valence-electron chi connectivity index (χ4n) is 4.83. The zero-order chi connectivity index (χ0) is 30.3. The molecule has 2 N–H and O–H groups in total. The number of allylic oxidation sites excluding steroid dienone is 1. The summed E-state index contributed by atoms with van der Waals surface area (Å²) < 4.78 is 20.7. The van der Waals surface area contributed by atoms with Crippen LogP contribution in [0.5, 0.6) is 17.2 Å². The quantitative estimate of drug-likeness (QED) is 0.151. The lowest BCUT2D eigenvalue weighted by atomic mass is 9.94. The van der Waals surface area contributed by atoms with E-state index in [1.807, 2.05) is 87.5 Å². The van der Waals surface area contributed by atoms with Gasteiger partial charge in [0.05, 0.1) is 24.5 Å². The number of halogens is 1. The van der Waals surface area contributed by atoms with E-state index in [4.69, 9.17) is 19.3 Å². The molecule has 5 rings (SSSR count). The maximum Gasteiger partial charge on any atom is 0.255 e. The van der Waals surface area contributed by atoms with Crippen molar-refractivity contribution in [2.45, 2.75) is 45.5 Å². The standard InChI is InChI=1S/C32H34BrN5O4S/c1-5-40-25-14-9-8-13-24(25)35-30(39)28-20(4)34-31-36-32(43-7-3)37-38(31)29(28)22-15-16-26(27(18-22)41-6-2)42-19-21-11-10-12-23(33)17-21/h8-18,29H,5-7,19H2,1-4H3,(H,35,39)(H,34,36,37). The summed E-state index contributed by atoms with van der Waals surface area (Å²) in [5.74, 6) is 2.90.